The molecule has 118 valence electrons. The quantitative estimate of drug-likeness (QED) is 0.739. The van der Waals surface area contributed by atoms with Crippen LogP contribution in [0.5, 0.6) is 5.75 Å². The minimum absolute atomic E-state index is 0.583. The molecule has 0 spiro atoms. The molecule has 21 heavy (non-hydrogen) atoms. The van der Waals surface area contributed by atoms with Crippen molar-refractivity contribution in [3.05, 3.63) is 28.3 Å². The summed E-state index contributed by atoms with van der Waals surface area (Å²) in [5.41, 5.74) is 2.71. The van der Waals surface area contributed by atoms with Gasteiger partial charge >= 0.3 is 10.3 Å². The topological polar surface area (TPSA) is 95.9 Å². The highest BCUT2D eigenvalue weighted by atomic mass is 32.2. The Hall–Kier alpha value is -1.15. The maximum atomic E-state index is 11.0. The molecule has 2 unspecified atom stereocenters. The van der Waals surface area contributed by atoms with E-state index >= 15 is 0 Å². The summed E-state index contributed by atoms with van der Waals surface area (Å²) in [4.78, 5) is 0. The minimum Gasteiger partial charge on any atom is -0.464 e. The molecule has 0 radical (unpaired) electrons. The van der Waals surface area contributed by atoms with E-state index < -0.39 is 28.1 Å². The lowest BCUT2D eigenvalue weighted by Crippen LogP contribution is -2.31. The first-order chi connectivity index (χ1) is 9.45. The lowest BCUT2D eigenvalue weighted by atomic mass is 9.82. The van der Waals surface area contributed by atoms with Gasteiger partial charge in [0.25, 0.3) is 0 Å². The molecule has 0 fully saturated rings. The van der Waals surface area contributed by atoms with E-state index in [1.807, 2.05) is 33.8 Å². The normalized spacial score (nSPS) is 21.8. The molecule has 0 amide bonds. The van der Waals surface area contributed by atoms with Crippen LogP contribution in [0, 0.1) is 13.8 Å². The molecule has 0 saturated heterocycles. The number of aliphatic hydroxyl groups excluding tert-OH is 1. The van der Waals surface area contributed by atoms with Crippen LogP contribution in [0.2, 0.25) is 0 Å². The minimum atomic E-state index is -4.29. The largest absolute Gasteiger partial charge is 0.464 e. The van der Waals surface area contributed by atoms with Crippen molar-refractivity contribution in [3.63, 3.8) is 0 Å². The van der Waals surface area contributed by atoms with Crippen molar-refractivity contribution < 1.29 is 22.8 Å². The van der Waals surface area contributed by atoms with E-state index in [2.05, 4.69) is 4.72 Å². The molecule has 3 N–H and O–H groups in total. The third-order valence-electron chi connectivity index (χ3n) is 4.21. The number of benzene rings is 1. The molecule has 2 atom stereocenters. The smallest absolute Gasteiger partial charge is 0.333 e. The predicted molar refractivity (Wildman–Crippen MR) is 78.7 cm³/mol. The SMILES string of the molecule is Cc1c(C(C)NS(=O)(=O)O)cc2c(c1C)OC(O)C2(C)C. The van der Waals surface area contributed by atoms with E-state index in [-0.39, 0.29) is 0 Å². The maximum absolute atomic E-state index is 11.0. The van der Waals surface area contributed by atoms with E-state index in [0.717, 1.165) is 22.3 Å². The summed E-state index contributed by atoms with van der Waals surface area (Å²) in [6, 6.07) is 1.24. The number of nitrogens with one attached hydrogen (secondary N) is 1. The Kier molecular flexibility index (Phi) is 3.82. The van der Waals surface area contributed by atoms with Gasteiger partial charge in [0.2, 0.25) is 6.29 Å². The van der Waals surface area contributed by atoms with Crippen molar-refractivity contribution in [1.82, 2.24) is 4.72 Å². The Morgan fingerprint density at radius 2 is 1.90 bits per heavy atom. The summed E-state index contributed by atoms with van der Waals surface area (Å²) in [6.45, 7) is 9.10. The monoisotopic (exact) mass is 315 g/mol. The summed E-state index contributed by atoms with van der Waals surface area (Å²) in [5, 5.41) is 10.0. The number of aliphatic hydroxyl groups is 1. The van der Waals surface area contributed by atoms with E-state index in [1.54, 1.807) is 6.92 Å². The fourth-order valence-corrected chi connectivity index (χ4v) is 3.25. The van der Waals surface area contributed by atoms with Crippen LogP contribution in [0.1, 0.15) is 49.1 Å². The number of rotatable bonds is 3. The molecule has 1 aliphatic heterocycles. The molecule has 0 saturated carbocycles. The molecule has 7 heteroatoms. The van der Waals surface area contributed by atoms with Crippen LogP contribution in [0.25, 0.3) is 0 Å². The van der Waals surface area contributed by atoms with Crippen molar-refractivity contribution in [2.45, 2.75) is 52.4 Å². The first-order valence-corrected chi connectivity index (χ1v) is 8.13. The third-order valence-corrected chi connectivity index (χ3v) is 4.87. The van der Waals surface area contributed by atoms with E-state index in [1.165, 1.54) is 0 Å². The summed E-state index contributed by atoms with van der Waals surface area (Å²) in [5.74, 6) is 0.646. The van der Waals surface area contributed by atoms with Crippen LogP contribution in [-0.2, 0) is 15.7 Å². The second-order valence-corrected chi connectivity index (χ2v) is 7.28. The van der Waals surface area contributed by atoms with Gasteiger partial charge in [0.05, 0.1) is 5.41 Å². The summed E-state index contributed by atoms with van der Waals surface area (Å²) < 4.78 is 38.6. The van der Waals surface area contributed by atoms with Gasteiger partial charge in [0.1, 0.15) is 5.75 Å². The zero-order valence-electron chi connectivity index (χ0n) is 12.8. The number of fused-ring (bicyclic) bond motifs is 1. The van der Waals surface area contributed by atoms with Crippen molar-refractivity contribution >= 4 is 10.3 Å². The van der Waals surface area contributed by atoms with Crippen molar-refractivity contribution in [2.75, 3.05) is 0 Å². The number of hydrogen-bond acceptors (Lipinski definition) is 4. The van der Waals surface area contributed by atoms with Gasteiger partial charge in [-0.3, -0.25) is 4.55 Å². The summed E-state index contributed by atoms with van der Waals surface area (Å²) in [6.07, 6.45) is -0.939. The predicted octanol–water partition coefficient (Wildman–Crippen LogP) is 1.75. The molecule has 1 heterocycles. The Bertz CT molecular complexity index is 681. The van der Waals surface area contributed by atoms with Gasteiger partial charge < -0.3 is 9.84 Å². The fraction of sp³-hybridized carbons (Fsp3) is 0.571. The average Bonchev–Trinajstić information content (AvgIpc) is 2.53. The second kappa shape index (κ2) is 4.95. The van der Waals surface area contributed by atoms with E-state index in [0.29, 0.717) is 5.75 Å². The van der Waals surface area contributed by atoms with Crippen molar-refractivity contribution in [2.24, 2.45) is 0 Å². The van der Waals surface area contributed by atoms with Crippen molar-refractivity contribution in [3.8, 4) is 5.75 Å². The summed E-state index contributed by atoms with van der Waals surface area (Å²) in [7, 11) is -4.29. The van der Waals surface area contributed by atoms with Crippen LogP contribution in [0.15, 0.2) is 6.07 Å². The fourth-order valence-electron chi connectivity index (χ4n) is 2.68. The van der Waals surface area contributed by atoms with Gasteiger partial charge in [-0.05, 0) is 57.4 Å². The molecule has 0 aliphatic carbocycles. The van der Waals surface area contributed by atoms with E-state index in [4.69, 9.17) is 9.29 Å². The van der Waals surface area contributed by atoms with Gasteiger partial charge in [-0.25, -0.2) is 0 Å². The second-order valence-electron chi connectivity index (χ2n) is 6.10. The summed E-state index contributed by atoms with van der Waals surface area (Å²) >= 11 is 0. The highest BCUT2D eigenvalue weighted by Crippen LogP contribution is 2.46. The lowest BCUT2D eigenvalue weighted by molar-refractivity contribution is -0.0453. The maximum Gasteiger partial charge on any atom is 0.333 e. The molecule has 1 aromatic rings. The average molecular weight is 315 g/mol. The first-order valence-electron chi connectivity index (χ1n) is 6.69. The molecule has 6 nitrogen and oxygen atoms in total. The molecule has 0 aromatic heterocycles. The zero-order chi connectivity index (χ0) is 16.2. The van der Waals surface area contributed by atoms with Gasteiger partial charge in [-0.1, -0.05) is 0 Å². The molecule has 1 aliphatic rings. The first kappa shape index (κ1) is 16.2. The highest BCUT2D eigenvalue weighted by Gasteiger charge is 2.42. The van der Waals surface area contributed by atoms with Crippen LogP contribution in [0.4, 0.5) is 0 Å². The van der Waals surface area contributed by atoms with Crippen molar-refractivity contribution in [1.29, 1.82) is 0 Å². The highest BCUT2D eigenvalue weighted by molar-refractivity contribution is 7.83. The Labute approximate surface area is 125 Å². The number of hydrogen-bond donors (Lipinski definition) is 3. The Balaban J connectivity index is 2.57. The lowest BCUT2D eigenvalue weighted by Gasteiger charge is -2.23. The van der Waals surface area contributed by atoms with Gasteiger partial charge in [-0.2, -0.15) is 13.1 Å². The van der Waals surface area contributed by atoms with Gasteiger partial charge in [-0.15, -0.1) is 0 Å². The molecular weight excluding hydrogens is 294 g/mol. The third kappa shape index (κ3) is 2.78. The Morgan fingerprint density at radius 1 is 1.33 bits per heavy atom. The molecule has 2 rings (SSSR count). The van der Waals surface area contributed by atoms with E-state index in [9.17, 15) is 13.5 Å². The molecule has 1 aromatic carbocycles. The number of ether oxygens (including phenoxy) is 1. The molecule has 0 bridgehead atoms. The van der Waals surface area contributed by atoms with Crippen LogP contribution in [-0.4, -0.2) is 24.4 Å². The van der Waals surface area contributed by atoms with Gasteiger partial charge in [0, 0.05) is 11.6 Å². The molecular formula is C14H21NO5S. The van der Waals surface area contributed by atoms with Gasteiger partial charge in [0.15, 0.2) is 0 Å². The zero-order valence-corrected chi connectivity index (χ0v) is 13.6. The Morgan fingerprint density at radius 3 is 2.43 bits per heavy atom. The standard InChI is InChI=1S/C14H21NO5S/c1-7-8(2)12-11(14(4,5)13(16)20-12)6-10(7)9(3)15-21(17,18)19/h6,9,13,15-16H,1-5H3,(H,17,18,19). The van der Waals surface area contributed by atoms with Crippen LogP contribution < -0.4 is 9.46 Å². The van der Waals surface area contributed by atoms with Crippen LogP contribution in [0.3, 0.4) is 0 Å². The van der Waals surface area contributed by atoms with Crippen LogP contribution >= 0.6 is 0 Å².